The lowest BCUT2D eigenvalue weighted by molar-refractivity contribution is -0.0556. The minimum absolute atomic E-state index is 0.605. The quantitative estimate of drug-likeness (QED) is 0.592. The van der Waals surface area contributed by atoms with Gasteiger partial charge in [-0.3, -0.25) is 0 Å². The van der Waals surface area contributed by atoms with Crippen molar-refractivity contribution >= 4 is 0 Å². The summed E-state index contributed by atoms with van der Waals surface area (Å²) in [7, 11) is 0. The van der Waals surface area contributed by atoms with Gasteiger partial charge in [0.15, 0.2) is 0 Å². The van der Waals surface area contributed by atoms with Crippen molar-refractivity contribution < 1.29 is 4.74 Å². The van der Waals surface area contributed by atoms with E-state index in [9.17, 15) is 0 Å². The van der Waals surface area contributed by atoms with E-state index >= 15 is 0 Å². The molecule has 0 aliphatic carbocycles. The van der Waals surface area contributed by atoms with Crippen LogP contribution in [0.1, 0.15) is 63.4 Å². The Bertz CT molecular complexity index is 316. The molecule has 2 atom stereocenters. The van der Waals surface area contributed by atoms with Crippen molar-refractivity contribution in [3.63, 3.8) is 0 Å². The maximum Gasteiger partial charge on any atom is 0.0597 e. The molecule has 0 spiro atoms. The van der Waals surface area contributed by atoms with Crippen molar-refractivity contribution in [3.05, 3.63) is 35.9 Å². The molecule has 0 radical (unpaired) electrons. The van der Waals surface area contributed by atoms with Gasteiger partial charge in [0.25, 0.3) is 0 Å². The van der Waals surface area contributed by atoms with Gasteiger partial charge in [-0.15, -0.1) is 0 Å². The van der Waals surface area contributed by atoms with Crippen molar-refractivity contribution in [1.29, 1.82) is 0 Å². The molecule has 1 fully saturated rings. The third-order valence-corrected chi connectivity index (χ3v) is 4.08. The predicted molar refractivity (Wildman–Crippen MR) is 76.9 cm³/mol. The van der Waals surface area contributed by atoms with Gasteiger partial charge in [0.05, 0.1) is 6.10 Å². The van der Waals surface area contributed by atoms with E-state index in [2.05, 4.69) is 37.3 Å². The van der Waals surface area contributed by atoms with Crippen LogP contribution in [0.15, 0.2) is 30.3 Å². The van der Waals surface area contributed by atoms with Crippen LogP contribution in [0.25, 0.3) is 0 Å². The molecule has 100 valence electrons. The summed E-state index contributed by atoms with van der Waals surface area (Å²) >= 11 is 0. The lowest BCUT2D eigenvalue weighted by Crippen LogP contribution is -2.26. The Hall–Kier alpha value is -0.820. The molecular weight excluding hydrogens is 220 g/mol. The molecule has 0 aromatic heterocycles. The highest BCUT2D eigenvalue weighted by atomic mass is 16.5. The third-order valence-electron chi connectivity index (χ3n) is 4.08. The molecule has 2 unspecified atom stereocenters. The summed E-state index contributed by atoms with van der Waals surface area (Å²) in [6.07, 6.45) is 9.98. The molecule has 1 saturated heterocycles. The number of rotatable bonds is 8. The van der Waals surface area contributed by atoms with E-state index in [4.69, 9.17) is 4.74 Å². The summed E-state index contributed by atoms with van der Waals surface area (Å²) in [5.74, 6) is 0.709. The Balaban J connectivity index is 1.49. The largest absolute Gasteiger partial charge is 0.378 e. The third kappa shape index (κ3) is 4.45. The molecule has 1 aromatic rings. The first kappa shape index (κ1) is 13.6. The minimum Gasteiger partial charge on any atom is -0.378 e. The monoisotopic (exact) mass is 246 g/mol. The molecule has 0 N–H and O–H groups in total. The summed E-state index contributed by atoms with van der Waals surface area (Å²) in [4.78, 5) is 0. The predicted octanol–water partition coefficient (Wildman–Crippen LogP) is 4.92. The summed E-state index contributed by atoms with van der Waals surface area (Å²) in [5.41, 5.74) is 1.49. The van der Waals surface area contributed by atoms with Crippen LogP contribution in [0.3, 0.4) is 0 Å². The normalized spacial score (nSPS) is 20.4. The maximum absolute atomic E-state index is 5.43. The first-order valence-electron chi connectivity index (χ1n) is 7.53. The van der Waals surface area contributed by atoms with Crippen LogP contribution in [-0.4, -0.2) is 12.7 Å². The van der Waals surface area contributed by atoms with E-state index in [1.54, 1.807) is 0 Å². The van der Waals surface area contributed by atoms with Crippen LogP contribution in [0.2, 0.25) is 0 Å². The van der Waals surface area contributed by atoms with Gasteiger partial charge in [0.1, 0.15) is 0 Å². The topological polar surface area (TPSA) is 9.23 Å². The lowest BCUT2D eigenvalue weighted by atomic mass is 9.94. The highest BCUT2D eigenvalue weighted by molar-refractivity contribution is 5.18. The van der Waals surface area contributed by atoms with Gasteiger partial charge in [0, 0.05) is 6.61 Å². The van der Waals surface area contributed by atoms with E-state index in [1.165, 1.54) is 50.5 Å². The molecule has 1 aromatic carbocycles. The molecular formula is C17H26O. The van der Waals surface area contributed by atoms with Gasteiger partial charge in [-0.2, -0.15) is 0 Å². The molecule has 0 amide bonds. The Morgan fingerprint density at radius 3 is 2.50 bits per heavy atom. The van der Waals surface area contributed by atoms with E-state index in [-0.39, 0.29) is 0 Å². The zero-order valence-electron chi connectivity index (χ0n) is 11.6. The fourth-order valence-electron chi connectivity index (χ4n) is 2.64. The Labute approximate surface area is 112 Å². The van der Waals surface area contributed by atoms with Crippen LogP contribution in [0.4, 0.5) is 0 Å². The Morgan fingerprint density at radius 2 is 1.83 bits per heavy atom. The molecule has 0 bridgehead atoms. The summed E-state index contributed by atoms with van der Waals surface area (Å²) in [6.45, 7) is 3.34. The van der Waals surface area contributed by atoms with Gasteiger partial charge in [-0.05, 0) is 30.7 Å². The van der Waals surface area contributed by atoms with Crippen LogP contribution in [-0.2, 0) is 4.74 Å². The smallest absolute Gasteiger partial charge is 0.0597 e. The molecule has 18 heavy (non-hydrogen) atoms. The van der Waals surface area contributed by atoms with Crippen LogP contribution >= 0.6 is 0 Å². The second kappa shape index (κ2) is 7.58. The zero-order valence-corrected chi connectivity index (χ0v) is 11.6. The molecule has 1 heterocycles. The molecule has 1 aliphatic heterocycles. The molecule has 0 saturated carbocycles. The highest BCUT2D eigenvalue weighted by Gasteiger charge is 2.16. The first-order valence-corrected chi connectivity index (χ1v) is 7.53. The van der Waals surface area contributed by atoms with Crippen LogP contribution in [0.5, 0.6) is 0 Å². The molecule has 1 aliphatic rings. The van der Waals surface area contributed by atoms with Gasteiger partial charge < -0.3 is 4.74 Å². The number of hydrogen-bond donors (Lipinski definition) is 0. The van der Waals surface area contributed by atoms with Crippen molar-refractivity contribution in [2.24, 2.45) is 0 Å². The average Bonchev–Trinajstić information content (AvgIpc) is 2.36. The number of unbranched alkanes of at least 4 members (excludes halogenated alkanes) is 3. The van der Waals surface area contributed by atoms with Crippen molar-refractivity contribution in [2.45, 2.75) is 63.9 Å². The van der Waals surface area contributed by atoms with Gasteiger partial charge in [-0.25, -0.2) is 0 Å². The highest BCUT2D eigenvalue weighted by Crippen LogP contribution is 2.23. The number of ether oxygens (including phenoxy) is 1. The van der Waals surface area contributed by atoms with Crippen LogP contribution in [0, 0.1) is 0 Å². The Morgan fingerprint density at radius 1 is 1.11 bits per heavy atom. The molecule has 1 nitrogen and oxygen atoms in total. The summed E-state index contributed by atoms with van der Waals surface area (Å²) < 4.78 is 5.43. The van der Waals surface area contributed by atoms with E-state index in [0.29, 0.717) is 12.0 Å². The maximum atomic E-state index is 5.43. The number of benzene rings is 1. The van der Waals surface area contributed by atoms with Gasteiger partial charge in [0.2, 0.25) is 0 Å². The SMILES string of the molecule is CC(CCCCCCC1CCO1)c1ccccc1. The average molecular weight is 246 g/mol. The minimum atomic E-state index is 0.605. The van der Waals surface area contributed by atoms with E-state index < -0.39 is 0 Å². The Kier molecular flexibility index (Phi) is 5.73. The summed E-state index contributed by atoms with van der Waals surface area (Å²) in [6, 6.07) is 10.9. The standard InChI is InChI=1S/C17H26O/c1-15(16-10-6-4-7-11-16)9-5-2-3-8-12-17-13-14-18-17/h4,6-7,10-11,15,17H,2-3,5,8-9,12-14H2,1H3. The van der Waals surface area contributed by atoms with Crippen molar-refractivity contribution in [2.75, 3.05) is 6.61 Å². The molecule has 1 heteroatoms. The van der Waals surface area contributed by atoms with Crippen molar-refractivity contribution in [3.8, 4) is 0 Å². The summed E-state index contributed by atoms with van der Waals surface area (Å²) in [5, 5.41) is 0. The van der Waals surface area contributed by atoms with Crippen LogP contribution < -0.4 is 0 Å². The van der Waals surface area contributed by atoms with Gasteiger partial charge in [-0.1, -0.05) is 62.9 Å². The van der Waals surface area contributed by atoms with Crippen molar-refractivity contribution in [1.82, 2.24) is 0 Å². The zero-order chi connectivity index (χ0) is 12.6. The second-order valence-corrected chi connectivity index (χ2v) is 5.58. The van der Waals surface area contributed by atoms with E-state index in [0.717, 1.165) is 6.61 Å². The lowest BCUT2D eigenvalue weighted by Gasteiger charge is -2.26. The van der Waals surface area contributed by atoms with Gasteiger partial charge >= 0.3 is 0 Å². The molecule has 2 rings (SSSR count). The number of hydrogen-bond acceptors (Lipinski definition) is 1. The second-order valence-electron chi connectivity index (χ2n) is 5.58. The fourth-order valence-corrected chi connectivity index (χ4v) is 2.64. The van der Waals surface area contributed by atoms with E-state index in [1.807, 2.05) is 0 Å². The first-order chi connectivity index (χ1) is 8.86. The fraction of sp³-hybridized carbons (Fsp3) is 0.647.